The molecule has 0 saturated heterocycles. The summed E-state index contributed by atoms with van der Waals surface area (Å²) in [4.78, 5) is 31.9. The number of hydrogen-bond acceptors (Lipinski definition) is 12. The average molecular weight is 472 g/mol. The second-order valence-corrected chi connectivity index (χ2v) is 9.77. The van der Waals surface area contributed by atoms with Crippen LogP contribution < -0.4 is 11.5 Å². The Kier molecular flexibility index (Phi) is 7.89. The Morgan fingerprint density at radius 3 is 2.45 bits per heavy atom. The smallest absolute Gasteiger partial charge is 0.344 e. The fourth-order valence-corrected chi connectivity index (χ4v) is 5.25. The third kappa shape index (κ3) is 5.28. The Morgan fingerprint density at radius 2 is 1.87 bits per heavy atom. The van der Waals surface area contributed by atoms with Crippen LogP contribution in [0.2, 0.25) is 0 Å². The highest BCUT2D eigenvalue weighted by molar-refractivity contribution is 7.93. The minimum Gasteiger partial charge on any atom is -0.467 e. The number of carbonyl (C=O) groups is 2. The molecule has 4 N–H and O–H groups in total. The molecule has 1 unspecified atom stereocenters. The zero-order chi connectivity index (χ0) is 23.2. The Hall–Kier alpha value is -2.81. The lowest BCUT2D eigenvalue weighted by atomic mass is 10.0. The number of nitrogens with two attached hydrogens (primary N) is 2. The van der Waals surface area contributed by atoms with E-state index in [2.05, 4.69) is 14.9 Å². The molecule has 1 aromatic heterocycles. The van der Waals surface area contributed by atoms with Gasteiger partial charge in [0.25, 0.3) is 0 Å². The van der Waals surface area contributed by atoms with E-state index in [1.54, 1.807) is 6.07 Å². The van der Waals surface area contributed by atoms with Gasteiger partial charge in [-0.15, -0.1) is 21.5 Å². The molecule has 0 fully saturated rings. The van der Waals surface area contributed by atoms with E-state index in [4.69, 9.17) is 11.5 Å². The number of hydrogen-bond donors (Lipinski definition) is 2. The van der Waals surface area contributed by atoms with Crippen LogP contribution in [0, 0.1) is 10.1 Å². The van der Waals surface area contributed by atoms with E-state index < -0.39 is 43.8 Å². The molecule has 0 aliphatic heterocycles. The van der Waals surface area contributed by atoms with Crippen molar-refractivity contribution in [1.29, 1.82) is 0 Å². The van der Waals surface area contributed by atoms with E-state index in [1.165, 1.54) is 24.3 Å². The standard InChI is InChI=1S/C17H21N5O7S2/c1-29-16(24)17(19,31(27,28)11-6-3-2-4-7-11)15(18)12(23)10-14-21-20-13(30-14)8-5-9-22(25)26/h2-4,6-7,15H,5,8-10,18-19H2,1H3/t15?,17-/m0/s1. The van der Waals surface area contributed by atoms with Gasteiger partial charge >= 0.3 is 5.97 Å². The first-order valence-corrected chi connectivity index (χ1v) is 11.2. The zero-order valence-electron chi connectivity index (χ0n) is 16.5. The molecule has 2 aromatic rings. The maximum absolute atomic E-state index is 13.1. The molecule has 0 amide bonds. The molecule has 0 radical (unpaired) electrons. The molecule has 1 heterocycles. The van der Waals surface area contributed by atoms with Crippen LogP contribution in [-0.4, -0.2) is 59.9 Å². The van der Waals surface area contributed by atoms with Crippen molar-refractivity contribution in [2.75, 3.05) is 13.7 Å². The van der Waals surface area contributed by atoms with Crippen molar-refractivity contribution in [3.63, 3.8) is 0 Å². The van der Waals surface area contributed by atoms with Crippen LogP contribution in [0.25, 0.3) is 0 Å². The molecular formula is C17H21N5O7S2. The molecule has 1 aromatic carbocycles. The second kappa shape index (κ2) is 10.00. The number of rotatable bonds is 11. The SMILES string of the molecule is COC(=O)[C@](N)(C(N)C(=O)Cc1nnc(CCC[N+](=O)[O-])s1)S(=O)(=O)c1ccccc1. The van der Waals surface area contributed by atoms with E-state index in [9.17, 15) is 28.1 Å². The summed E-state index contributed by atoms with van der Waals surface area (Å²) in [5, 5.41) is 18.7. The van der Waals surface area contributed by atoms with Crippen molar-refractivity contribution >= 4 is 32.9 Å². The van der Waals surface area contributed by atoms with Gasteiger partial charge < -0.3 is 16.2 Å². The Labute approximate surface area is 181 Å². The summed E-state index contributed by atoms with van der Waals surface area (Å²) in [6, 6.07) is 4.92. The van der Waals surface area contributed by atoms with E-state index in [0.29, 0.717) is 11.4 Å². The number of nitrogens with zero attached hydrogens (tertiary/aromatic N) is 3. The summed E-state index contributed by atoms with van der Waals surface area (Å²) >= 11 is 1.03. The molecular weight excluding hydrogens is 450 g/mol. The fourth-order valence-electron chi connectivity index (χ4n) is 2.68. The minimum absolute atomic E-state index is 0.209. The fraction of sp³-hybridized carbons (Fsp3) is 0.412. The van der Waals surface area contributed by atoms with Gasteiger partial charge in [-0.1, -0.05) is 18.2 Å². The van der Waals surface area contributed by atoms with Gasteiger partial charge in [0.1, 0.15) is 16.1 Å². The lowest BCUT2D eigenvalue weighted by Crippen LogP contribution is -2.68. The molecule has 14 heteroatoms. The molecule has 0 aliphatic carbocycles. The third-order valence-electron chi connectivity index (χ3n) is 4.38. The highest BCUT2D eigenvalue weighted by Gasteiger charge is 2.56. The van der Waals surface area contributed by atoms with Gasteiger partial charge in [-0.05, 0) is 12.1 Å². The molecule has 168 valence electrons. The van der Waals surface area contributed by atoms with Crippen molar-refractivity contribution in [2.24, 2.45) is 11.5 Å². The normalized spacial score (nSPS) is 14.4. The Morgan fingerprint density at radius 1 is 1.26 bits per heavy atom. The van der Waals surface area contributed by atoms with Crippen LogP contribution in [0.4, 0.5) is 0 Å². The van der Waals surface area contributed by atoms with E-state index in [1.807, 2.05) is 0 Å². The van der Waals surface area contributed by atoms with Crippen LogP contribution in [0.1, 0.15) is 16.4 Å². The predicted octanol–water partition coefficient (Wildman–Crippen LogP) is -0.512. The zero-order valence-corrected chi connectivity index (χ0v) is 18.1. The largest absolute Gasteiger partial charge is 0.467 e. The highest BCUT2D eigenvalue weighted by atomic mass is 32.2. The lowest BCUT2D eigenvalue weighted by molar-refractivity contribution is -0.480. The Balaban J connectivity index is 2.25. The molecule has 12 nitrogen and oxygen atoms in total. The summed E-state index contributed by atoms with van der Waals surface area (Å²) < 4.78 is 30.7. The highest BCUT2D eigenvalue weighted by Crippen LogP contribution is 2.27. The molecule has 31 heavy (non-hydrogen) atoms. The summed E-state index contributed by atoms with van der Waals surface area (Å²) in [5.41, 5.74) is 11.8. The van der Waals surface area contributed by atoms with Crippen molar-refractivity contribution < 1.29 is 27.7 Å². The lowest BCUT2D eigenvalue weighted by Gasteiger charge is -2.30. The van der Waals surface area contributed by atoms with Crippen LogP contribution >= 0.6 is 11.3 Å². The molecule has 0 aliphatic rings. The number of ether oxygens (including phenoxy) is 1. The van der Waals surface area contributed by atoms with Crippen LogP contribution in [0.15, 0.2) is 35.2 Å². The number of aryl methyl sites for hydroxylation is 1. The summed E-state index contributed by atoms with van der Waals surface area (Å²) in [6.45, 7) is -0.231. The van der Waals surface area contributed by atoms with Crippen LogP contribution in [0.3, 0.4) is 0 Å². The van der Waals surface area contributed by atoms with Gasteiger partial charge in [0, 0.05) is 17.8 Å². The molecule has 0 bridgehead atoms. The first-order valence-electron chi connectivity index (χ1n) is 8.92. The summed E-state index contributed by atoms with van der Waals surface area (Å²) in [6.07, 6.45) is 0.122. The maximum Gasteiger partial charge on any atom is 0.344 e. The number of sulfone groups is 1. The third-order valence-corrected chi connectivity index (χ3v) is 7.56. The van der Waals surface area contributed by atoms with E-state index >= 15 is 0 Å². The number of esters is 1. The van der Waals surface area contributed by atoms with Crippen molar-refractivity contribution in [3.05, 3.63) is 50.5 Å². The topological polar surface area (TPSA) is 198 Å². The molecule has 0 saturated carbocycles. The van der Waals surface area contributed by atoms with Gasteiger partial charge in [-0.2, -0.15) is 0 Å². The number of nitro groups is 1. The first-order chi connectivity index (χ1) is 14.5. The van der Waals surface area contributed by atoms with Gasteiger partial charge in [0.15, 0.2) is 5.78 Å². The predicted molar refractivity (Wildman–Crippen MR) is 109 cm³/mol. The number of benzene rings is 1. The number of Topliss-reactive ketones (excluding diaryl/α,β-unsaturated/α-hetero) is 1. The second-order valence-electron chi connectivity index (χ2n) is 6.47. The van der Waals surface area contributed by atoms with Crippen molar-refractivity contribution in [1.82, 2.24) is 10.2 Å². The summed E-state index contributed by atoms with van der Waals surface area (Å²) in [5.74, 6) is -2.24. The minimum atomic E-state index is -4.60. The van der Waals surface area contributed by atoms with E-state index in [0.717, 1.165) is 18.4 Å². The number of ketones is 1. The molecule has 0 spiro atoms. The van der Waals surface area contributed by atoms with Crippen molar-refractivity contribution in [2.45, 2.75) is 35.1 Å². The van der Waals surface area contributed by atoms with Gasteiger partial charge in [0.05, 0.1) is 18.4 Å². The van der Waals surface area contributed by atoms with Gasteiger partial charge in [0.2, 0.25) is 21.3 Å². The Bertz CT molecular complexity index is 1060. The van der Waals surface area contributed by atoms with Crippen molar-refractivity contribution in [3.8, 4) is 0 Å². The summed E-state index contributed by atoms with van der Waals surface area (Å²) in [7, 11) is -3.67. The first kappa shape index (κ1) is 24.5. The van der Waals surface area contributed by atoms with Crippen LogP contribution in [-0.2, 0) is 37.0 Å². The maximum atomic E-state index is 13.1. The van der Waals surface area contributed by atoms with Gasteiger partial charge in [-0.25, -0.2) is 13.2 Å². The molecule has 2 atom stereocenters. The number of carbonyl (C=O) groups excluding carboxylic acids is 2. The van der Waals surface area contributed by atoms with E-state index in [-0.39, 0.29) is 22.9 Å². The average Bonchev–Trinajstić information content (AvgIpc) is 3.19. The quantitative estimate of drug-likeness (QED) is 0.243. The monoisotopic (exact) mass is 471 g/mol. The van der Waals surface area contributed by atoms with Gasteiger partial charge in [-0.3, -0.25) is 14.9 Å². The number of methoxy groups -OCH3 is 1. The molecule has 2 rings (SSSR count). The number of aromatic nitrogens is 2. The van der Waals surface area contributed by atoms with Crippen LogP contribution in [0.5, 0.6) is 0 Å².